The van der Waals surface area contributed by atoms with Crippen molar-refractivity contribution in [3.8, 4) is 17.3 Å². The second kappa shape index (κ2) is 8.32. The Morgan fingerprint density at radius 3 is 3.11 bits per heavy atom. The third-order valence-corrected chi connectivity index (χ3v) is 4.56. The van der Waals surface area contributed by atoms with Gasteiger partial charge in [0.05, 0.1) is 23.9 Å². The number of nitrogens with one attached hydrogen (secondary N) is 2. The molecule has 0 spiro atoms. The van der Waals surface area contributed by atoms with Gasteiger partial charge in [-0.15, -0.1) is 0 Å². The SMILES string of the molecule is COCCOc1cc(N[C@@H]2CCCNC2)nc(-c2cnn3ccccc23)n1. The molecule has 0 unspecified atom stereocenters. The highest BCUT2D eigenvalue weighted by molar-refractivity contribution is 5.76. The number of fused-ring (bicyclic) bond motifs is 1. The van der Waals surface area contributed by atoms with E-state index in [4.69, 9.17) is 14.5 Å². The van der Waals surface area contributed by atoms with Gasteiger partial charge in [-0.2, -0.15) is 10.1 Å². The zero-order valence-corrected chi connectivity index (χ0v) is 15.4. The first-order valence-corrected chi connectivity index (χ1v) is 9.24. The number of aromatic nitrogens is 4. The largest absolute Gasteiger partial charge is 0.475 e. The highest BCUT2D eigenvalue weighted by Gasteiger charge is 2.17. The average Bonchev–Trinajstić information content (AvgIpc) is 3.13. The molecule has 0 bridgehead atoms. The molecule has 1 fully saturated rings. The summed E-state index contributed by atoms with van der Waals surface area (Å²) in [6.45, 7) is 2.94. The van der Waals surface area contributed by atoms with E-state index < -0.39 is 0 Å². The Morgan fingerprint density at radius 2 is 2.26 bits per heavy atom. The minimum atomic E-state index is 0.345. The van der Waals surface area contributed by atoms with Gasteiger partial charge in [0.15, 0.2) is 5.82 Å². The monoisotopic (exact) mass is 368 g/mol. The van der Waals surface area contributed by atoms with Gasteiger partial charge in [0.2, 0.25) is 5.88 Å². The standard InChI is InChI=1S/C19H24N6O2/c1-26-9-10-27-18-11-17(22-14-5-4-7-20-12-14)23-19(24-18)15-13-21-25-8-3-2-6-16(15)25/h2-3,6,8,11,13-14,20H,4-5,7,9-10,12H2,1H3,(H,22,23,24)/t14-/m1/s1. The van der Waals surface area contributed by atoms with Crippen molar-refractivity contribution >= 4 is 11.3 Å². The topological polar surface area (TPSA) is 85.6 Å². The Labute approximate surface area is 157 Å². The van der Waals surface area contributed by atoms with Gasteiger partial charge in [-0.25, -0.2) is 9.50 Å². The number of rotatable bonds is 7. The van der Waals surface area contributed by atoms with Crippen molar-refractivity contribution in [2.24, 2.45) is 0 Å². The van der Waals surface area contributed by atoms with Crippen LogP contribution in [-0.2, 0) is 4.74 Å². The van der Waals surface area contributed by atoms with Crippen LogP contribution in [0.4, 0.5) is 5.82 Å². The lowest BCUT2D eigenvalue weighted by atomic mass is 10.1. The number of piperidine rings is 1. The first kappa shape index (κ1) is 17.7. The summed E-state index contributed by atoms with van der Waals surface area (Å²) in [6.07, 6.45) is 5.96. The van der Waals surface area contributed by atoms with Crippen LogP contribution in [0.1, 0.15) is 12.8 Å². The molecule has 0 saturated carbocycles. The summed E-state index contributed by atoms with van der Waals surface area (Å²) < 4.78 is 12.7. The van der Waals surface area contributed by atoms with Crippen molar-refractivity contribution in [2.45, 2.75) is 18.9 Å². The molecule has 8 heteroatoms. The molecule has 0 amide bonds. The fourth-order valence-electron chi connectivity index (χ4n) is 3.21. The zero-order valence-electron chi connectivity index (χ0n) is 15.4. The van der Waals surface area contributed by atoms with Gasteiger partial charge in [-0.1, -0.05) is 6.07 Å². The summed E-state index contributed by atoms with van der Waals surface area (Å²) >= 11 is 0. The number of nitrogens with zero attached hydrogens (tertiary/aromatic N) is 4. The van der Waals surface area contributed by atoms with Gasteiger partial charge < -0.3 is 20.1 Å². The third kappa shape index (κ3) is 4.17. The van der Waals surface area contributed by atoms with Crippen molar-refractivity contribution in [2.75, 3.05) is 38.7 Å². The summed E-state index contributed by atoms with van der Waals surface area (Å²) in [5, 5.41) is 11.3. The molecule has 1 aliphatic rings. The van der Waals surface area contributed by atoms with E-state index in [0.717, 1.165) is 42.8 Å². The number of pyridine rings is 1. The highest BCUT2D eigenvalue weighted by Crippen LogP contribution is 2.25. The van der Waals surface area contributed by atoms with Gasteiger partial charge in [0, 0.05) is 32.0 Å². The predicted molar refractivity (Wildman–Crippen MR) is 103 cm³/mol. The predicted octanol–water partition coefficient (Wildman–Crippen LogP) is 1.98. The average molecular weight is 368 g/mol. The Hall–Kier alpha value is -2.71. The molecule has 0 radical (unpaired) electrons. The number of hydrogen-bond acceptors (Lipinski definition) is 7. The van der Waals surface area contributed by atoms with E-state index in [0.29, 0.717) is 31.0 Å². The molecule has 3 aromatic rings. The maximum atomic E-state index is 5.77. The van der Waals surface area contributed by atoms with E-state index in [1.807, 2.05) is 35.0 Å². The minimum absolute atomic E-state index is 0.345. The van der Waals surface area contributed by atoms with E-state index in [1.165, 1.54) is 0 Å². The molecule has 1 saturated heterocycles. The quantitative estimate of drug-likeness (QED) is 0.617. The number of methoxy groups -OCH3 is 1. The minimum Gasteiger partial charge on any atom is -0.475 e. The molecule has 0 aromatic carbocycles. The molecule has 1 aliphatic heterocycles. The fourth-order valence-corrected chi connectivity index (χ4v) is 3.21. The van der Waals surface area contributed by atoms with Crippen LogP contribution >= 0.6 is 0 Å². The van der Waals surface area contributed by atoms with Crippen LogP contribution in [0.3, 0.4) is 0 Å². The molecule has 142 valence electrons. The second-order valence-electron chi connectivity index (χ2n) is 6.53. The summed E-state index contributed by atoms with van der Waals surface area (Å²) in [5.41, 5.74) is 1.83. The molecule has 3 aromatic heterocycles. The number of hydrogen-bond donors (Lipinski definition) is 2. The molecule has 4 heterocycles. The molecule has 8 nitrogen and oxygen atoms in total. The fraction of sp³-hybridized carbons (Fsp3) is 0.421. The first-order valence-electron chi connectivity index (χ1n) is 9.24. The summed E-state index contributed by atoms with van der Waals surface area (Å²) in [5.74, 6) is 1.88. The third-order valence-electron chi connectivity index (χ3n) is 4.56. The van der Waals surface area contributed by atoms with E-state index >= 15 is 0 Å². The van der Waals surface area contributed by atoms with Crippen LogP contribution in [0.5, 0.6) is 5.88 Å². The van der Waals surface area contributed by atoms with Crippen molar-refractivity contribution in [1.82, 2.24) is 24.9 Å². The van der Waals surface area contributed by atoms with E-state index in [2.05, 4.69) is 20.7 Å². The first-order chi connectivity index (χ1) is 13.3. The maximum Gasteiger partial charge on any atom is 0.219 e. The molecular formula is C19H24N6O2. The Balaban J connectivity index is 1.66. The number of anilines is 1. The smallest absolute Gasteiger partial charge is 0.219 e. The molecule has 2 N–H and O–H groups in total. The highest BCUT2D eigenvalue weighted by atomic mass is 16.5. The van der Waals surface area contributed by atoms with Crippen molar-refractivity contribution in [3.05, 3.63) is 36.7 Å². The van der Waals surface area contributed by atoms with Crippen LogP contribution in [0, 0.1) is 0 Å². The van der Waals surface area contributed by atoms with Crippen LogP contribution in [0.2, 0.25) is 0 Å². The molecule has 4 rings (SSSR count). The zero-order chi connectivity index (χ0) is 18.5. The van der Waals surface area contributed by atoms with Crippen molar-refractivity contribution in [1.29, 1.82) is 0 Å². The lowest BCUT2D eigenvalue weighted by Crippen LogP contribution is -2.38. The molecule has 1 atom stereocenters. The van der Waals surface area contributed by atoms with Crippen LogP contribution in [-0.4, -0.2) is 59.0 Å². The van der Waals surface area contributed by atoms with Crippen molar-refractivity contribution < 1.29 is 9.47 Å². The van der Waals surface area contributed by atoms with E-state index in [-0.39, 0.29) is 0 Å². The second-order valence-corrected chi connectivity index (χ2v) is 6.53. The van der Waals surface area contributed by atoms with Crippen LogP contribution in [0.15, 0.2) is 36.7 Å². The summed E-state index contributed by atoms with van der Waals surface area (Å²) in [6, 6.07) is 8.11. The Morgan fingerprint density at radius 1 is 1.30 bits per heavy atom. The van der Waals surface area contributed by atoms with Gasteiger partial charge in [-0.05, 0) is 31.5 Å². The van der Waals surface area contributed by atoms with Crippen molar-refractivity contribution in [3.63, 3.8) is 0 Å². The Bertz CT molecular complexity index is 891. The normalized spacial score (nSPS) is 17.1. The molecule has 27 heavy (non-hydrogen) atoms. The molecule has 0 aliphatic carbocycles. The van der Waals surface area contributed by atoms with Gasteiger partial charge in [0.25, 0.3) is 0 Å². The van der Waals surface area contributed by atoms with Gasteiger partial charge in [-0.3, -0.25) is 0 Å². The lowest BCUT2D eigenvalue weighted by Gasteiger charge is -2.24. The lowest BCUT2D eigenvalue weighted by molar-refractivity contribution is 0.144. The van der Waals surface area contributed by atoms with Gasteiger partial charge in [0.1, 0.15) is 12.4 Å². The Kier molecular flexibility index (Phi) is 5.45. The summed E-state index contributed by atoms with van der Waals surface area (Å²) in [7, 11) is 1.65. The van der Waals surface area contributed by atoms with E-state index in [1.54, 1.807) is 13.3 Å². The van der Waals surface area contributed by atoms with Crippen LogP contribution in [0.25, 0.3) is 16.9 Å². The van der Waals surface area contributed by atoms with E-state index in [9.17, 15) is 0 Å². The van der Waals surface area contributed by atoms with Crippen LogP contribution < -0.4 is 15.4 Å². The molecular weight excluding hydrogens is 344 g/mol. The van der Waals surface area contributed by atoms with Gasteiger partial charge >= 0.3 is 0 Å². The maximum absolute atomic E-state index is 5.77. The number of ether oxygens (including phenoxy) is 2. The summed E-state index contributed by atoms with van der Waals surface area (Å²) in [4.78, 5) is 9.33.